The summed E-state index contributed by atoms with van der Waals surface area (Å²) in [5, 5.41) is 4.63. The van der Waals surface area contributed by atoms with Gasteiger partial charge in [-0.2, -0.15) is 0 Å². The van der Waals surface area contributed by atoms with Crippen LogP contribution in [0.15, 0.2) is 78.9 Å². The average molecular weight is 454 g/mol. The molecule has 0 spiro atoms. The first-order valence-electron chi connectivity index (χ1n) is 11.1. The van der Waals surface area contributed by atoms with E-state index in [2.05, 4.69) is 5.32 Å². The van der Waals surface area contributed by atoms with Gasteiger partial charge in [0, 0.05) is 11.1 Å². The number of ether oxygens (including phenoxy) is 1. The molecule has 0 saturated carbocycles. The van der Waals surface area contributed by atoms with E-state index in [1.165, 1.54) is 12.1 Å². The van der Waals surface area contributed by atoms with E-state index in [0.29, 0.717) is 24.2 Å². The fraction of sp³-hybridized carbons (Fsp3) is 0.185. The first kappa shape index (κ1) is 21.6. The second-order valence-corrected chi connectivity index (χ2v) is 8.37. The summed E-state index contributed by atoms with van der Waals surface area (Å²) in [4.78, 5) is 51.8. The standard InChI is InChI=1S/C27H22N2O5/c30-24(28-23-14-6-8-17-7-1-2-11-20(17)23)16-34-27(33)18-9-5-10-19(15-18)29-25(31)21-12-3-4-13-22(21)26(29)32/h1-11,14-15,21-22H,12-13,16H2,(H,28,30)/t21-,22-/m0/s1. The Hall–Kier alpha value is -4.26. The molecule has 1 fully saturated rings. The van der Waals surface area contributed by atoms with Crippen LogP contribution in [0.25, 0.3) is 10.8 Å². The predicted molar refractivity (Wildman–Crippen MR) is 127 cm³/mol. The quantitative estimate of drug-likeness (QED) is 0.356. The molecule has 0 radical (unpaired) electrons. The highest BCUT2D eigenvalue weighted by atomic mass is 16.5. The van der Waals surface area contributed by atoms with Crippen molar-refractivity contribution in [1.29, 1.82) is 0 Å². The van der Waals surface area contributed by atoms with E-state index in [9.17, 15) is 19.2 Å². The number of anilines is 2. The van der Waals surface area contributed by atoms with E-state index in [4.69, 9.17) is 4.74 Å². The molecule has 2 atom stereocenters. The first-order valence-corrected chi connectivity index (χ1v) is 11.1. The van der Waals surface area contributed by atoms with Gasteiger partial charge < -0.3 is 10.1 Å². The van der Waals surface area contributed by atoms with Crippen LogP contribution >= 0.6 is 0 Å². The summed E-state index contributed by atoms with van der Waals surface area (Å²) in [6.07, 6.45) is 4.93. The summed E-state index contributed by atoms with van der Waals surface area (Å²) >= 11 is 0. The summed E-state index contributed by atoms with van der Waals surface area (Å²) in [5.74, 6) is -2.40. The van der Waals surface area contributed by atoms with Gasteiger partial charge >= 0.3 is 5.97 Å². The molecular weight excluding hydrogens is 432 g/mol. The number of hydrogen-bond donors (Lipinski definition) is 1. The number of carbonyl (C=O) groups is 4. The lowest BCUT2D eigenvalue weighted by Crippen LogP contribution is -2.31. The number of rotatable bonds is 5. The lowest BCUT2D eigenvalue weighted by molar-refractivity contribution is -0.122. The maximum absolute atomic E-state index is 12.8. The highest BCUT2D eigenvalue weighted by Gasteiger charge is 2.47. The number of amides is 3. The summed E-state index contributed by atoms with van der Waals surface area (Å²) in [7, 11) is 0. The summed E-state index contributed by atoms with van der Waals surface area (Å²) in [6, 6.07) is 19.4. The van der Waals surface area contributed by atoms with Gasteiger partial charge in [-0.3, -0.25) is 19.3 Å². The van der Waals surface area contributed by atoms with E-state index < -0.39 is 18.5 Å². The van der Waals surface area contributed by atoms with Crippen LogP contribution < -0.4 is 10.2 Å². The van der Waals surface area contributed by atoms with Gasteiger partial charge in [-0.15, -0.1) is 0 Å². The van der Waals surface area contributed by atoms with Crippen LogP contribution in [0.4, 0.5) is 11.4 Å². The molecule has 5 rings (SSSR count). The normalized spacial score (nSPS) is 19.2. The van der Waals surface area contributed by atoms with Crippen molar-refractivity contribution in [3.05, 3.63) is 84.4 Å². The molecule has 1 aliphatic carbocycles. The Kier molecular flexibility index (Phi) is 5.67. The third-order valence-corrected chi connectivity index (χ3v) is 6.25. The van der Waals surface area contributed by atoms with Gasteiger partial charge in [0.15, 0.2) is 6.61 Å². The second-order valence-electron chi connectivity index (χ2n) is 8.37. The smallest absolute Gasteiger partial charge is 0.338 e. The van der Waals surface area contributed by atoms with Crippen LogP contribution in [0.3, 0.4) is 0 Å². The highest BCUT2D eigenvalue weighted by molar-refractivity contribution is 6.22. The number of hydrogen-bond acceptors (Lipinski definition) is 5. The molecule has 0 unspecified atom stereocenters. The fourth-order valence-electron chi connectivity index (χ4n) is 4.56. The number of carbonyl (C=O) groups excluding carboxylic acids is 4. The molecule has 7 heteroatoms. The monoisotopic (exact) mass is 454 g/mol. The number of imide groups is 1. The van der Waals surface area contributed by atoms with E-state index in [0.717, 1.165) is 15.7 Å². The molecule has 7 nitrogen and oxygen atoms in total. The van der Waals surface area contributed by atoms with Crippen LogP contribution in [0.2, 0.25) is 0 Å². The SMILES string of the molecule is O=C(COC(=O)c1cccc(N2C(=O)[C@H]3CC=CC[C@@H]3C2=O)c1)Nc1cccc2ccccc12. The van der Waals surface area contributed by atoms with Crippen LogP contribution in [-0.2, 0) is 19.1 Å². The largest absolute Gasteiger partial charge is 0.452 e. The molecular formula is C27H22N2O5. The Bertz CT molecular complexity index is 1310. The van der Waals surface area contributed by atoms with Crippen molar-refractivity contribution >= 4 is 45.8 Å². The van der Waals surface area contributed by atoms with Crippen molar-refractivity contribution in [2.45, 2.75) is 12.8 Å². The molecule has 0 bridgehead atoms. The van der Waals surface area contributed by atoms with Crippen molar-refractivity contribution in [3.8, 4) is 0 Å². The zero-order valence-corrected chi connectivity index (χ0v) is 18.3. The van der Waals surface area contributed by atoms with Crippen molar-refractivity contribution in [2.75, 3.05) is 16.8 Å². The predicted octanol–water partition coefficient (Wildman–Crippen LogP) is 4.09. The van der Waals surface area contributed by atoms with E-state index in [-0.39, 0.29) is 29.2 Å². The maximum atomic E-state index is 12.8. The number of allylic oxidation sites excluding steroid dienone is 2. The fourth-order valence-corrected chi connectivity index (χ4v) is 4.56. The Balaban J connectivity index is 1.25. The Labute approximate surface area is 196 Å². The zero-order chi connectivity index (χ0) is 23.7. The number of nitrogens with zero attached hydrogens (tertiary/aromatic N) is 1. The van der Waals surface area contributed by atoms with Gasteiger partial charge in [-0.25, -0.2) is 4.79 Å². The van der Waals surface area contributed by atoms with Crippen molar-refractivity contribution in [3.63, 3.8) is 0 Å². The van der Waals surface area contributed by atoms with Gasteiger partial charge in [-0.05, 0) is 42.5 Å². The molecule has 3 aromatic rings. The average Bonchev–Trinajstić information content (AvgIpc) is 3.13. The van der Waals surface area contributed by atoms with Crippen molar-refractivity contribution in [2.24, 2.45) is 11.8 Å². The minimum atomic E-state index is -0.715. The van der Waals surface area contributed by atoms with Crippen LogP contribution in [-0.4, -0.2) is 30.3 Å². The molecule has 1 heterocycles. The van der Waals surface area contributed by atoms with Crippen LogP contribution in [0.5, 0.6) is 0 Å². The molecule has 170 valence electrons. The number of esters is 1. The minimum absolute atomic E-state index is 0.157. The number of nitrogens with one attached hydrogen (secondary N) is 1. The molecule has 2 aliphatic rings. The van der Waals surface area contributed by atoms with E-state index in [1.54, 1.807) is 18.2 Å². The number of benzene rings is 3. The maximum Gasteiger partial charge on any atom is 0.338 e. The molecule has 1 saturated heterocycles. The van der Waals surface area contributed by atoms with Crippen LogP contribution in [0, 0.1) is 11.8 Å². The third kappa shape index (κ3) is 3.96. The summed E-state index contributed by atoms with van der Waals surface area (Å²) < 4.78 is 5.19. The topological polar surface area (TPSA) is 92.8 Å². The molecule has 3 aromatic carbocycles. The van der Waals surface area contributed by atoms with Gasteiger partial charge in [0.25, 0.3) is 5.91 Å². The third-order valence-electron chi connectivity index (χ3n) is 6.25. The summed E-state index contributed by atoms with van der Waals surface area (Å²) in [5.41, 5.74) is 1.12. The second kappa shape index (κ2) is 8.94. The van der Waals surface area contributed by atoms with Crippen molar-refractivity contribution in [1.82, 2.24) is 0 Å². The summed E-state index contributed by atoms with van der Waals surface area (Å²) in [6.45, 7) is -0.469. The molecule has 0 aromatic heterocycles. The Morgan fingerprint density at radius 2 is 1.56 bits per heavy atom. The van der Waals surface area contributed by atoms with E-state index >= 15 is 0 Å². The molecule has 1 N–H and O–H groups in total. The van der Waals surface area contributed by atoms with Gasteiger partial charge in [0.05, 0.1) is 23.1 Å². The minimum Gasteiger partial charge on any atom is -0.452 e. The van der Waals surface area contributed by atoms with E-state index in [1.807, 2.05) is 48.6 Å². The van der Waals surface area contributed by atoms with Gasteiger partial charge in [-0.1, -0.05) is 54.6 Å². The van der Waals surface area contributed by atoms with Crippen LogP contribution in [0.1, 0.15) is 23.2 Å². The van der Waals surface area contributed by atoms with Gasteiger partial charge in [0.2, 0.25) is 11.8 Å². The van der Waals surface area contributed by atoms with Gasteiger partial charge in [0.1, 0.15) is 0 Å². The molecule has 1 aliphatic heterocycles. The highest BCUT2D eigenvalue weighted by Crippen LogP contribution is 2.37. The first-order chi connectivity index (χ1) is 16.5. The number of fused-ring (bicyclic) bond motifs is 2. The Morgan fingerprint density at radius 3 is 2.32 bits per heavy atom. The molecule has 34 heavy (non-hydrogen) atoms. The lowest BCUT2D eigenvalue weighted by Gasteiger charge is -2.15. The Morgan fingerprint density at radius 1 is 0.882 bits per heavy atom. The van der Waals surface area contributed by atoms with Crippen molar-refractivity contribution < 1.29 is 23.9 Å². The lowest BCUT2D eigenvalue weighted by atomic mass is 9.85. The zero-order valence-electron chi connectivity index (χ0n) is 18.3. The molecule has 3 amide bonds.